The van der Waals surface area contributed by atoms with Gasteiger partial charge in [0, 0.05) is 12.8 Å². The Hall–Kier alpha value is -1.77. The van der Waals surface area contributed by atoms with Gasteiger partial charge in [0.15, 0.2) is 0 Å². The van der Waals surface area contributed by atoms with Gasteiger partial charge in [0.05, 0.1) is 33.8 Å². The topological polar surface area (TPSA) is 111 Å². The fraction of sp³-hybridized carbons (Fsp3) is 0.875. The molecule has 0 aromatic carbocycles. The molecule has 0 aliphatic rings. The van der Waals surface area contributed by atoms with Crippen LogP contribution in [-0.2, 0) is 27.9 Å². The fourth-order valence-corrected chi connectivity index (χ4v) is 10.1. The lowest BCUT2D eigenvalue weighted by Crippen LogP contribution is -2.47. The number of carbonyl (C=O) groups excluding carboxylic acids is 2. The van der Waals surface area contributed by atoms with Gasteiger partial charge in [-0.2, -0.15) is 0 Å². The third kappa shape index (κ3) is 55.0. The van der Waals surface area contributed by atoms with Crippen molar-refractivity contribution < 1.29 is 37.3 Å². The van der Waals surface area contributed by atoms with Gasteiger partial charge in [-0.3, -0.25) is 18.6 Å². The number of likely N-dealkylation sites (N-methyl/N-ethyl adjacent to an activating group) is 1. The summed E-state index contributed by atoms with van der Waals surface area (Å²) in [4.78, 5) is 37.7. The Morgan fingerprint density at radius 1 is 0.473 bits per heavy atom. The van der Waals surface area contributed by atoms with Crippen LogP contribution in [0.25, 0.3) is 0 Å². The van der Waals surface area contributed by atoms with Crippen LogP contribution >= 0.6 is 7.82 Å². The number of ether oxygens (including phenoxy) is 1. The summed E-state index contributed by atoms with van der Waals surface area (Å²) in [6.07, 6.45) is 65.7. The van der Waals surface area contributed by atoms with E-state index in [0.717, 1.165) is 64.2 Å². The third-order valence-electron chi connectivity index (χ3n) is 14.3. The van der Waals surface area contributed by atoms with Crippen LogP contribution in [0.2, 0.25) is 0 Å². The van der Waals surface area contributed by atoms with Crippen LogP contribution in [-0.4, -0.2) is 74.3 Å². The summed E-state index contributed by atoms with van der Waals surface area (Å²) >= 11 is 0. The zero-order chi connectivity index (χ0) is 54.3. The van der Waals surface area contributed by atoms with Crippen LogP contribution in [0.1, 0.15) is 310 Å². The van der Waals surface area contributed by atoms with Crippen molar-refractivity contribution in [3.63, 3.8) is 0 Å². The molecule has 0 aliphatic carbocycles. The molecule has 10 heteroatoms. The van der Waals surface area contributed by atoms with Crippen molar-refractivity contribution in [2.24, 2.45) is 0 Å². The Morgan fingerprint density at radius 2 is 0.824 bits per heavy atom. The lowest BCUT2D eigenvalue weighted by atomic mass is 10.0. The molecule has 0 radical (unpaired) electrons. The number of phosphoric ester groups is 1. The number of hydrogen-bond donors (Lipinski definition) is 2. The number of quaternary nitrogens is 1. The number of nitrogens with zero attached hydrogens (tertiary/aromatic N) is 1. The molecule has 0 aliphatic heterocycles. The Kier molecular flexibility index (Phi) is 53.3. The molecule has 3 atom stereocenters. The van der Waals surface area contributed by atoms with E-state index in [9.17, 15) is 19.0 Å². The molecule has 436 valence electrons. The smallest absolute Gasteiger partial charge is 0.456 e. The molecule has 0 heterocycles. The number of nitrogens with one attached hydrogen (secondary N) is 1. The number of amides is 1. The number of rotatable bonds is 58. The van der Waals surface area contributed by atoms with Gasteiger partial charge in [-0.1, -0.05) is 269 Å². The van der Waals surface area contributed by atoms with Crippen molar-refractivity contribution in [2.75, 3.05) is 40.9 Å². The number of phosphoric acid groups is 1. The molecule has 3 unspecified atom stereocenters. The van der Waals surface area contributed by atoms with Gasteiger partial charge >= 0.3 is 13.8 Å². The number of unbranched alkanes of at least 4 members (excludes halogenated alkanes) is 38. The van der Waals surface area contributed by atoms with E-state index in [0.29, 0.717) is 23.9 Å². The molecule has 0 saturated carbocycles. The molecule has 1 amide bonds. The molecular weight excluding hydrogens is 940 g/mol. The molecular formula is C64H124N2O7P+. The van der Waals surface area contributed by atoms with Crippen LogP contribution in [0.3, 0.4) is 0 Å². The van der Waals surface area contributed by atoms with E-state index in [4.69, 9.17) is 13.8 Å². The second-order valence-electron chi connectivity index (χ2n) is 22.9. The van der Waals surface area contributed by atoms with Crippen molar-refractivity contribution in [1.29, 1.82) is 0 Å². The Labute approximate surface area is 459 Å². The summed E-state index contributed by atoms with van der Waals surface area (Å²) < 4.78 is 30.7. The highest BCUT2D eigenvalue weighted by Gasteiger charge is 2.30. The normalized spacial score (nSPS) is 13.9. The standard InChI is InChI=1S/C64H123N2O7P/c1-7-10-13-16-19-22-25-27-29-30-31-32-33-34-35-36-37-39-42-45-48-51-54-57-64(68)73-62(55-52-49-46-43-40-24-21-18-15-12-9-3)61(60-72-74(69,70)71-59-58-66(4,5)6)65-63(67)56-53-50-47-44-41-38-28-26-23-20-17-14-11-8-2/h19,22,27,29,52,55,61-62H,7-18,20-21,23-26,28,30-51,53-54,56-60H2,1-6H3,(H-,65,67,69,70)/p+1/b22-19-,29-27-,55-52+. The van der Waals surface area contributed by atoms with Gasteiger partial charge in [0.1, 0.15) is 19.3 Å². The van der Waals surface area contributed by atoms with Crippen LogP contribution in [0, 0.1) is 0 Å². The molecule has 9 nitrogen and oxygen atoms in total. The molecule has 2 N–H and O–H groups in total. The Bertz CT molecular complexity index is 1360. The summed E-state index contributed by atoms with van der Waals surface area (Å²) in [5, 5.41) is 3.06. The van der Waals surface area contributed by atoms with Crippen molar-refractivity contribution in [3.05, 3.63) is 36.5 Å². The summed E-state index contributed by atoms with van der Waals surface area (Å²) in [5.74, 6) is -0.492. The van der Waals surface area contributed by atoms with Gasteiger partial charge in [-0.25, -0.2) is 4.57 Å². The summed E-state index contributed by atoms with van der Waals surface area (Å²) in [6.45, 7) is 7.02. The summed E-state index contributed by atoms with van der Waals surface area (Å²) in [6, 6.07) is -0.843. The van der Waals surface area contributed by atoms with Gasteiger partial charge < -0.3 is 19.4 Å². The Balaban J connectivity index is 5.09. The monoisotopic (exact) mass is 1060 g/mol. The van der Waals surface area contributed by atoms with Crippen LogP contribution in [0.4, 0.5) is 0 Å². The van der Waals surface area contributed by atoms with Crippen molar-refractivity contribution in [1.82, 2.24) is 5.32 Å². The SMILES string of the molecule is CCCCC/C=C\C/C=C\CCCCCCCCCCCCCCCC(=O)OC(/C=C/CCCCCCCCCCC)C(COP(=O)(O)OCC[N+](C)(C)C)NC(=O)CCCCCCCCCCCCCCCC. The molecule has 0 bridgehead atoms. The number of allylic oxidation sites excluding steroid dienone is 5. The summed E-state index contributed by atoms with van der Waals surface area (Å²) in [5.41, 5.74) is 0. The first-order chi connectivity index (χ1) is 35.9. The highest BCUT2D eigenvalue weighted by atomic mass is 31.2. The predicted octanol–water partition coefficient (Wildman–Crippen LogP) is 19.5. The number of hydrogen-bond acceptors (Lipinski definition) is 6. The van der Waals surface area contributed by atoms with Crippen LogP contribution in [0.15, 0.2) is 36.5 Å². The van der Waals surface area contributed by atoms with Gasteiger partial charge in [0.2, 0.25) is 5.91 Å². The first-order valence-electron chi connectivity index (χ1n) is 31.8. The first kappa shape index (κ1) is 72.2. The van der Waals surface area contributed by atoms with Gasteiger partial charge in [0.25, 0.3) is 0 Å². The lowest BCUT2D eigenvalue weighted by molar-refractivity contribution is -0.870. The number of esters is 1. The average molecular weight is 1060 g/mol. The molecule has 0 rings (SSSR count). The van der Waals surface area contributed by atoms with Crippen LogP contribution in [0.5, 0.6) is 0 Å². The van der Waals surface area contributed by atoms with Crippen molar-refractivity contribution in [2.45, 2.75) is 322 Å². The van der Waals surface area contributed by atoms with E-state index >= 15 is 0 Å². The largest absolute Gasteiger partial charge is 0.472 e. The molecule has 74 heavy (non-hydrogen) atoms. The third-order valence-corrected chi connectivity index (χ3v) is 15.3. The minimum absolute atomic E-state index is 0.0429. The number of carbonyl (C=O) groups is 2. The van der Waals surface area contributed by atoms with Crippen molar-refractivity contribution >= 4 is 19.7 Å². The first-order valence-corrected chi connectivity index (χ1v) is 33.3. The van der Waals surface area contributed by atoms with E-state index in [2.05, 4.69) is 50.4 Å². The second-order valence-corrected chi connectivity index (χ2v) is 24.4. The fourth-order valence-electron chi connectivity index (χ4n) is 9.38. The molecule has 0 saturated heterocycles. The van der Waals surface area contributed by atoms with E-state index in [1.54, 1.807) is 0 Å². The highest BCUT2D eigenvalue weighted by Crippen LogP contribution is 2.43. The minimum Gasteiger partial charge on any atom is -0.456 e. The van der Waals surface area contributed by atoms with Gasteiger partial charge in [-0.15, -0.1) is 0 Å². The lowest BCUT2D eigenvalue weighted by Gasteiger charge is -2.27. The minimum atomic E-state index is -4.44. The average Bonchev–Trinajstić information content (AvgIpc) is 3.36. The molecule has 0 aromatic rings. The molecule has 0 fully saturated rings. The zero-order valence-corrected chi connectivity index (χ0v) is 50.7. The van der Waals surface area contributed by atoms with E-state index in [1.807, 2.05) is 33.3 Å². The quantitative estimate of drug-likeness (QED) is 0.0205. The van der Waals surface area contributed by atoms with E-state index in [-0.39, 0.29) is 25.1 Å². The zero-order valence-electron chi connectivity index (χ0n) is 49.9. The maximum absolute atomic E-state index is 13.5. The van der Waals surface area contributed by atoms with Crippen molar-refractivity contribution in [3.8, 4) is 0 Å². The van der Waals surface area contributed by atoms with Gasteiger partial charge in [-0.05, 0) is 63.9 Å². The maximum atomic E-state index is 13.5. The molecule has 0 aromatic heterocycles. The van der Waals surface area contributed by atoms with E-state index in [1.165, 1.54) is 212 Å². The maximum Gasteiger partial charge on any atom is 0.472 e. The van der Waals surface area contributed by atoms with Crippen LogP contribution < -0.4 is 5.32 Å². The second kappa shape index (κ2) is 54.6. The van der Waals surface area contributed by atoms with E-state index < -0.39 is 20.0 Å². The predicted molar refractivity (Wildman–Crippen MR) is 319 cm³/mol. The molecule has 0 spiro atoms. The highest BCUT2D eigenvalue weighted by molar-refractivity contribution is 7.47. The summed E-state index contributed by atoms with van der Waals surface area (Å²) in [7, 11) is 1.51. The Morgan fingerprint density at radius 3 is 1.24 bits per heavy atom.